The van der Waals surface area contributed by atoms with Gasteiger partial charge in [0.05, 0.1) is 16.0 Å². The summed E-state index contributed by atoms with van der Waals surface area (Å²) in [6, 6.07) is 6.98. The SMILES string of the molecule is C[C@@H](Sc1nc(N)nc(N)n1)C(=O)Nc1ccccc1Cl. The number of nitrogens with one attached hydrogen (secondary N) is 1. The number of amides is 1. The van der Waals surface area contributed by atoms with Crippen molar-refractivity contribution in [2.45, 2.75) is 17.3 Å². The molecule has 2 rings (SSSR count). The summed E-state index contributed by atoms with van der Waals surface area (Å²) >= 11 is 7.11. The van der Waals surface area contributed by atoms with E-state index in [2.05, 4.69) is 20.3 Å². The number of anilines is 3. The molecule has 0 saturated heterocycles. The average molecular weight is 325 g/mol. The van der Waals surface area contributed by atoms with Crippen molar-refractivity contribution in [2.75, 3.05) is 16.8 Å². The number of carbonyl (C=O) groups excluding carboxylic acids is 1. The first-order valence-corrected chi connectivity index (χ1v) is 7.20. The van der Waals surface area contributed by atoms with Crippen LogP contribution in [0.25, 0.3) is 0 Å². The number of hydrogen-bond acceptors (Lipinski definition) is 7. The van der Waals surface area contributed by atoms with E-state index in [4.69, 9.17) is 23.1 Å². The summed E-state index contributed by atoms with van der Waals surface area (Å²) < 4.78 is 0. The molecule has 0 radical (unpaired) electrons. The van der Waals surface area contributed by atoms with Gasteiger partial charge in [-0.2, -0.15) is 15.0 Å². The standard InChI is InChI=1S/C12H13ClN6OS/c1-6(21-12-18-10(14)17-11(15)19-12)9(20)16-8-5-3-2-4-7(8)13/h2-6H,1H3,(H,16,20)(H4,14,15,17,18,19)/t6-/m1/s1. The number of para-hydroxylation sites is 1. The second kappa shape index (κ2) is 6.59. The van der Waals surface area contributed by atoms with Crippen molar-refractivity contribution < 1.29 is 4.79 Å². The Morgan fingerprint density at radius 2 is 1.86 bits per heavy atom. The quantitative estimate of drug-likeness (QED) is 0.733. The number of nitrogens with zero attached hydrogens (tertiary/aromatic N) is 3. The fraction of sp³-hybridized carbons (Fsp3) is 0.167. The highest BCUT2D eigenvalue weighted by Gasteiger charge is 2.17. The molecule has 7 nitrogen and oxygen atoms in total. The highest BCUT2D eigenvalue weighted by molar-refractivity contribution is 8.00. The average Bonchev–Trinajstić information content (AvgIpc) is 2.40. The second-order valence-electron chi connectivity index (χ2n) is 4.06. The molecular formula is C12H13ClN6OS. The van der Waals surface area contributed by atoms with Crippen LogP contribution in [0.3, 0.4) is 0 Å². The smallest absolute Gasteiger partial charge is 0.237 e. The van der Waals surface area contributed by atoms with Gasteiger partial charge in [0.2, 0.25) is 17.8 Å². The molecule has 1 aromatic carbocycles. The van der Waals surface area contributed by atoms with Crippen LogP contribution in [-0.2, 0) is 4.79 Å². The van der Waals surface area contributed by atoms with Crippen molar-refractivity contribution in [1.29, 1.82) is 0 Å². The van der Waals surface area contributed by atoms with Crippen molar-refractivity contribution in [3.8, 4) is 0 Å². The highest BCUT2D eigenvalue weighted by atomic mass is 35.5. The molecule has 0 bridgehead atoms. The van der Waals surface area contributed by atoms with Gasteiger partial charge < -0.3 is 16.8 Å². The molecule has 110 valence electrons. The molecule has 1 amide bonds. The van der Waals surface area contributed by atoms with Crippen LogP contribution >= 0.6 is 23.4 Å². The van der Waals surface area contributed by atoms with Crippen molar-refractivity contribution >= 4 is 46.9 Å². The minimum Gasteiger partial charge on any atom is -0.368 e. The Balaban J connectivity index is 2.04. The molecule has 1 aromatic heterocycles. The number of rotatable bonds is 4. The lowest BCUT2D eigenvalue weighted by Gasteiger charge is -2.12. The van der Waals surface area contributed by atoms with Crippen LogP contribution in [0.4, 0.5) is 17.6 Å². The molecule has 0 spiro atoms. The number of nitrogens with two attached hydrogens (primary N) is 2. The van der Waals surface area contributed by atoms with Crippen LogP contribution in [0.1, 0.15) is 6.92 Å². The lowest BCUT2D eigenvalue weighted by atomic mass is 10.3. The largest absolute Gasteiger partial charge is 0.368 e. The van der Waals surface area contributed by atoms with E-state index in [1.807, 2.05) is 0 Å². The lowest BCUT2D eigenvalue weighted by Crippen LogP contribution is -2.23. The third-order valence-electron chi connectivity index (χ3n) is 2.43. The molecule has 0 aliphatic rings. The van der Waals surface area contributed by atoms with Crippen LogP contribution in [0.2, 0.25) is 5.02 Å². The third-order valence-corrected chi connectivity index (χ3v) is 3.72. The van der Waals surface area contributed by atoms with Crippen LogP contribution in [0.15, 0.2) is 29.4 Å². The molecule has 5 N–H and O–H groups in total. The molecule has 1 heterocycles. The number of aromatic nitrogens is 3. The van der Waals surface area contributed by atoms with Crippen molar-refractivity contribution in [3.05, 3.63) is 29.3 Å². The monoisotopic (exact) mass is 324 g/mol. The first kappa shape index (κ1) is 15.3. The number of carbonyl (C=O) groups is 1. The van der Waals surface area contributed by atoms with Crippen LogP contribution in [-0.4, -0.2) is 26.1 Å². The summed E-state index contributed by atoms with van der Waals surface area (Å²) in [5, 5.41) is 3.04. The minimum absolute atomic E-state index is 0.0173. The van der Waals surface area contributed by atoms with Gasteiger partial charge in [-0.3, -0.25) is 4.79 Å². The fourth-order valence-electron chi connectivity index (χ4n) is 1.45. The molecule has 0 aliphatic heterocycles. The summed E-state index contributed by atoms with van der Waals surface area (Å²) in [5.74, 6) is -0.196. The number of nitrogen functional groups attached to an aromatic ring is 2. The van der Waals surface area contributed by atoms with Gasteiger partial charge in [-0.15, -0.1) is 0 Å². The number of halogens is 1. The normalized spacial score (nSPS) is 11.9. The predicted octanol–water partition coefficient (Wildman–Crippen LogP) is 1.81. The Bertz CT molecular complexity index is 648. The minimum atomic E-state index is -0.456. The Labute approximate surface area is 130 Å². The van der Waals surface area contributed by atoms with Gasteiger partial charge >= 0.3 is 0 Å². The molecule has 1 atom stereocenters. The van der Waals surface area contributed by atoms with Gasteiger partial charge in [0, 0.05) is 0 Å². The van der Waals surface area contributed by atoms with E-state index in [0.29, 0.717) is 15.9 Å². The number of benzene rings is 1. The summed E-state index contributed by atoms with van der Waals surface area (Å²) in [7, 11) is 0. The lowest BCUT2D eigenvalue weighted by molar-refractivity contribution is -0.115. The van der Waals surface area contributed by atoms with Gasteiger partial charge in [0.25, 0.3) is 0 Å². The van der Waals surface area contributed by atoms with Gasteiger partial charge in [-0.25, -0.2) is 0 Å². The second-order valence-corrected chi connectivity index (χ2v) is 5.78. The molecule has 0 aliphatic carbocycles. The summed E-state index contributed by atoms with van der Waals surface area (Å²) in [4.78, 5) is 23.6. The zero-order valence-electron chi connectivity index (χ0n) is 11.1. The van der Waals surface area contributed by atoms with E-state index in [9.17, 15) is 4.79 Å². The van der Waals surface area contributed by atoms with Crippen molar-refractivity contribution in [1.82, 2.24) is 15.0 Å². The maximum absolute atomic E-state index is 12.1. The van der Waals surface area contributed by atoms with Gasteiger partial charge in [-0.1, -0.05) is 35.5 Å². The Morgan fingerprint density at radius 1 is 1.24 bits per heavy atom. The van der Waals surface area contributed by atoms with E-state index in [-0.39, 0.29) is 17.8 Å². The molecule has 0 unspecified atom stereocenters. The van der Waals surface area contributed by atoms with E-state index >= 15 is 0 Å². The predicted molar refractivity (Wildman–Crippen MR) is 84.1 cm³/mol. The zero-order chi connectivity index (χ0) is 15.4. The summed E-state index contributed by atoms with van der Waals surface area (Å²) in [5.41, 5.74) is 11.5. The Hall–Kier alpha value is -2.06. The molecule has 0 fully saturated rings. The topological polar surface area (TPSA) is 120 Å². The first-order chi connectivity index (χ1) is 9.95. The van der Waals surface area contributed by atoms with E-state index in [0.717, 1.165) is 11.8 Å². The van der Waals surface area contributed by atoms with Crippen LogP contribution in [0.5, 0.6) is 0 Å². The van der Waals surface area contributed by atoms with Gasteiger partial charge in [0.1, 0.15) is 0 Å². The van der Waals surface area contributed by atoms with E-state index in [1.165, 1.54) is 0 Å². The third kappa shape index (κ3) is 4.20. The van der Waals surface area contributed by atoms with E-state index in [1.54, 1.807) is 31.2 Å². The highest BCUT2D eigenvalue weighted by Crippen LogP contribution is 2.24. The van der Waals surface area contributed by atoms with Crippen molar-refractivity contribution in [3.63, 3.8) is 0 Å². The van der Waals surface area contributed by atoms with E-state index < -0.39 is 5.25 Å². The van der Waals surface area contributed by atoms with Gasteiger partial charge in [0.15, 0.2) is 5.16 Å². The molecule has 2 aromatic rings. The molecular weight excluding hydrogens is 312 g/mol. The van der Waals surface area contributed by atoms with Crippen LogP contribution in [0, 0.1) is 0 Å². The van der Waals surface area contributed by atoms with Gasteiger partial charge in [-0.05, 0) is 19.1 Å². The Morgan fingerprint density at radius 3 is 2.48 bits per heavy atom. The fourth-order valence-corrected chi connectivity index (χ4v) is 2.41. The molecule has 0 saturated carbocycles. The summed E-state index contributed by atoms with van der Waals surface area (Å²) in [6.07, 6.45) is 0. The number of thioether (sulfide) groups is 1. The first-order valence-electron chi connectivity index (χ1n) is 5.95. The molecule has 9 heteroatoms. The number of hydrogen-bond donors (Lipinski definition) is 3. The van der Waals surface area contributed by atoms with Crippen molar-refractivity contribution in [2.24, 2.45) is 0 Å². The maximum atomic E-state index is 12.1. The molecule has 21 heavy (non-hydrogen) atoms. The maximum Gasteiger partial charge on any atom is 0.237 e. The summed E-state index contributed by atoms with van der Waals surface area (Å²) in [6.45, 7) is 1.72. The zero-order valence-corrected chi connectivity index (χ0v) is 12.6. The van der Waals surface area contributed by atoms with Crippen LogP contribution < -0.4 is 16.8 Å². The Kier molecular flexibility index (Phi) is 4.81.